The van der Waals surface area contributed by atoms with Gasteiger partial charge in [-0.1, -0.05) is 41.0 Å². The Morgan fingerprint density at radius 1 is 1.15 bits per heavy atom. The van der Waals surface area contributed by atoms with Gasteiger partial charge in [-0.2, -0.15) is 0 Å². The molecule has 7 nitrogen and oxygen atoms in total. The van der Waals surface area contributed by atoms with Crippen molar-refractivity contribution in [2.75, 3.05) is 20.2 Å². The van der Waals surface area contributed by atoms with Crippen molar-refractivity contribution in [3.8, 4) is 0 Å². The zero-order chi connectivity index (χ0) is 21.6. The Kier molecular flexibility index (Phi) is 14.5. The van der Waals surface area contributed by atoms with Gasteiger partial charge >= 0.3 is 12.1 Å². The fourth-order valence-electron chi connectivity index (χ4n) is 2.01. The summed E-state index contributed by atoms with van der Waals surface area (Å²) in [6.07, 6.45) is 1.93. The molecule has 1 atom stereocenters. The van der Waals surface area contributed by atoms with E-state index in [-0.39, 0.29) is 12.5 Å². The summed E-state index contributed by atoms with van der Waals surface area (Å²) in [7, 11) is 1.29. The molecule has 1 aliphatic rings. The molecular weight excluding hydrogens is 348 g/mol. The Balaban J connectivity index is 0. The largest absolute Gasteiger partial charge is 0.467 e. The topological polar surface area (TPSA) is 84.9 Å². The van der Waals surface area contributed by atoms with E-state index in [1.807, 2.05) is 0 Å². The minimum atomic E-state index is -0.653. The van der Waals surface area contributed by atoms with E-state index in [0.717, 1.165) is 12.3 Å². The third kappa shape index (κ3) is 15.0. The number of nitrogens with one attached hydrogen (secondary N) is 1. The third-order valence-electron chi connectivity index (χ3n) is 2.83. The van der Waals surface area contributed by atoms with Crippen molar-refractivity contribution in [2.45, 2.75) is 86.3 Å². The first-order valence-electron chi connectivity index (χ1n) is 9.73. The fraction of sp³-hybridized carbons (Fsp3) is 0.850. The molecule has 1 aliphatic heterocycles. The molecule has 7 heteroatoms. The summed E-state index contributed by atoms with van der Waals surface area (Å²) >= 11 is 0. The predicted octanol–water partition coefficient (Wildman–Crippen LogP) is 3.75. The maximum Gasteiger partial charge on any atom is 0.408 e. The van der Waals surface area contributed by atoms with E-state index < -0.39 is 23.7 Å². The first kappa shape index (κ1) is 27.4. The van der Waals surface area contributed by atoms with Crippen molar-refractivity contribution in [1.82, 2.24) is 10.2 Å². The quantitative estimate of drug-likeness (QED) is 0.744. The number of alkyl carbamates (subject to hydrolysis) is 1. The molecule has 0 aliphatic carbocycles. The molecule has 0 aromatic heterocycles. The summed E-state index contributed by atoms with van der Waals surface area (Å²) in [5, 5.41) is 2.39. The van der Waals surface area contributed by atoms with Crippen LogP contribution in [0.2, 0.25) is 0 Å². The van der Waals surface area contributed by atoms with E-state index in [2.05, 4.69) is 44.7 Å². The molecular formula is C20H40N2O5. The van der Waals surface area contributed by atoms with Gasteiger partial charge in [0.25, 0.3) is 0 Å². The number of esters is 1. The zero-order valence-electron chi connectivity index (χ0n) is 18.7. The van der Waals surface area contributed by atoms with Gasteiger partial charge in [0.05, 0.1) is 7.11 Å². The van der Waals surface area contributed by atoms with Crippen molar-refractivity contribution in [2.24, 2.45) is 5.92 Å². The highest BCUT2D eigenvalue weighted by Crippen LogP contribution is 2.18. The zero-order valence-corrected chi connectivity index (χ0v) is 18.7. The minimum Gasteiger partial charge on any atom is -0.467 e. The maximum absolute atomic E-state index is 12.0. The lowest BCUT2D eigenvalue weighted by Crippen LogP contribution is -2.46. The van der Waals surface area contributed by atoms with Crippen LogP contribution in [0.1, 0.15) is 74.7 Å². The van der Waals surface area contributed by atoms with Crippen LogP contribution in [0, 0.1) is 5.92 Å². The summed E-state index contributed by atoms with van der Waals surface area (Å²) in [6.45, 7) is 16.3. The van der Waals surface area contributed by atoms with Gasteiger partial charge < -0.3 is 19.7 Å². The van der Waals surface area contributed by atoms with Crippen LogP contribution in [0.15, 0.2) is 0 Å². The summed E-state index contributed by atoms with van der Waals surface area (Å²) in [4.78, 5) is 36.4. The molecule has 1 saturated heterocycles. The lowest BCUT2D eigenvalue weighted by atomic mass is 10.2. The average molecular weight is 389 g/mol. The fourth-order valence-corrected chi connectivity index (χ4v) is 2.01. The molecule has 0 aromatic rings. The first-order valence-corrected chi connectivity index (χ1v) is 9.73. The standard InChI is InChI=1S/C13H22N2O5.C4H10.C3H8/c1-13(2,3)20-12(18)14-8-10(16)15-7-5-6-9(15)11(17)19-4;1-4(2)3;1-3-2/h9H,5-8H2,1-4H3,(H,14,18);4H,1-3H3;3H2,1-2H3. The Hall–Kier alpha value is -1.79. The highest BCUT2D eigenvalue weighted by Gasteiger charge is 2.34. The molecule has 0 aromatic carbocycles. The monoisotopic (exact) mass is 388 g/mol. The van der Waals surface area contributed by atoms with Crippen LogP contribution in [0.4, 0.5) is 4.79 Å². The van der Waals surface area contributed by atoms with Crippen molar-refractivity contribution >= 4 is 18.0 Å². The molecule has 2 amide bonds. The maximum atomic E-state index is 12.0. The van der Waals surface area contributed by atoms with Crippen molar-refractivity contribution < 1.29 is 23.9 Å². The van der Waals surface area contributed by atoms with Crippen molar-refractivity contribution in [1.29, 1.82) is 0 Å². The molecule has 0 spiro atoms. The third-order valence-corrected chi connectivity index (χ3v) is 2.83. The van der Waals surface area contributed by atoms with Crippen LogP contribution in [0.5, 0.6) is 0 Å². The van der Waals surface area contributed by atoms with Gasteiger partial charge in [0.15, 0.2) is 0 Å². The van der Waals surface area contributed by atoms with E-state index >= 15 is 0 Å². The highest BCUT2D eigenvalue weighted by molar-refractivity contribution is 5.87. The lowest BCUT2D eigenvalue weighted by Gasteiger charge is -2.23. The Morgan fingerprint density at radius 2 is 1.63 bits per heavy atom. The van der Waals surface area contributed by atoms with E-state index in [0.29, 0.717) is 13.0 Å². The van der Waals surface area contributed by atoms with Gasteiger partial charge in [0.2, 0.25) is 5.91 Å². The van der Waals surface area contributed by atoms with Crippen molar-refractivity contribution in [3.05, 3.63) is 0 Å². The summed E-state index contributed by atoms with van der Waals surface area (Å²) < 4.78 is 9.69. The molecule has 0 saturated carbocycles. The van der Waals surface area contributed by atoms with Crippen LogP contribution >= 0.6 is 0 Å². The first-order chi connectivity index (χ1) is 12.4. The molecule has 1 rings (SSSR count). The lowest BCUT2D eigenvalue weighted by molar-refractivity contribution is -0.150. The molecule has 1 unspecified atom stereocenters. The smallest absolute Gasteiger partial charge is 0.408 e. The van der Waals surface area contributed by atoms with E-state index in [1.165, 1.54) is 18.4 Å². The SMILES string of the molecule is CC(C)C.CCC.COC(=O)C1CCCN1C(=O)CNC(=O)OC(C)(C)C. The predicted molar refractivity (Wildman–Crippen MR) is 107 cm³/mol. The van der Waals surface area contributed by atoms with Crippen LogP contribution < -0.4 is 5.32 Å². The number of carbonyl (C=O) groups is 3. The van der Waals surface area contributed by atoms with E-state index in [4.69, 9.17) is 4.74 Å². The number of methoxy groups -OCH3 is 1. The van der Waals surface area contributed by atoms with Gasteiger partial charge in [0, 0.05) is 6.54 Å². The normalized spacial score (nSPS) is 15.8. The number of carbonyl (C=O) groups excluding carboxylic acids is 3. The highest BCUT2D eigenvalue weighted by atomic mass is 16.6. The number of hydrogen-bond acceptors (Lipinski definition) is 5. The van der Waals surface area contributed by atoms with E-state index in [9.17, 15) is 14.4 Å². The second kappa shape index (κ2) is 14.3. The molecule has 0 radical (unpaired) electrons. The molecule has 160 valence electrons. The Morgan fingerprint density at radius 3 is 2.04 bits per heavy atom. The molecule has 1 N–H and O–H groups in total. The van der Waals surface area contributed by atoms with Crippen LogP contribution in [0.3, 0.4) is 0 Å². The number of nitrogens with zero attached hydrogens (tertiary/aromatic N) is 1. The van der Waals surface area contributed by atoms with Gasteiger partial charge in [-0.05, 0) is 39.5 Å². The van der Waals surface area contributed by atoms with Crippen LogP contribution in [-0.2, 0) is 19.1 Å². The Bertz CT molecular complexity index is 441. The van der Waals surface area contributed by atoms with Gasteiger partial charge in [-0.15, -0.1) is 0 Å². The number of hydrogen-bond donors (Lipinski definition) is 1. The van der Waals surface area contributed by atoms with Crippen molar-refractivity contribution in [3.63, 3.8) is 0 Å². The van der Waals surface area contributed by atoms with Crippen LogP contribution in [-0.4, -0.2) is 54.7 Å². The molecule has 27 heavy (non-hydrogen) atoms. The molecule has 0 bridgehead atoms. The van der Waals surface area contributed by atoms with Crippen LogP contribution in [0.25, 0.3) is 0 Å². The minimum absolute atomic E-state index is 0.192. The summed E-state index contributed by atoms with van der Waals surface area (Å²) in [6, 6.07) is -0.548. The van der Waals surface area contributed by atoms with Gasteiger partial charge in [-0.3, -0.25) is 4.79 Å². The number of ether oxygens (including phenoxy) is 2. The van der Waals surface area contributed by atoms with Gasteiger partial charge in [0.1, 0.15) is 18.2 Å². The Labute approximate surface area is 165 Å². The molecule has 1 heterocycles. The average Bonchev–Trinajstić information content (AvgIpc) is 3.00. The summed E-state index contributed by atoms with van der Waals surface area (Å²) in [5.41, 5.74) is -0.616. The molecule has 1 fully saturated rings. The second-order valence-corrected chi connectivity index (χ2v) is 8.06. The van der Waals surface area contributed by atoms with E-state index in [1.54, 1.807) is 20.8 Å². The summed E-state index contributed by atoms with van der Waals surface area (Å²) in [5.74, 6) is 0.0943. The number of rotatable bonds is 3. The second-order valence-electron chi connectivity index (χ2n) is 8.06. The number of amides is 2. The number of likely N-dealkylation sites (tertiary alicyclic amines) is 1. The van der Waals surface area contributed by atoms with Gasteiger partial charge in [-0.25, -0.2) is 9.59 Å².